The Hall–Kier alpha value is -4.12. The third kappa shape index (κ3) is 4.25. The first-order valence-corrected chi connectivity index (χ1v) is 11.2. The lowest BCUT2D eigenvalue weighted by atomic mass is 10.0. The molecule has 0 spiro atoms. The van der Waals surface area contributed by atoms with Crippen molar-refractivity contribution in [1.29, 1.82) is 0 Å². The molecule has 3 N–H and O–H groups in total. The van der Waals surface area contributed by atoms with E-state index in [-0.39, 0.29) is 17.3 Å². The Morgan fingerprint density at radius 2 is 1.91 bits per heavy atom. The number of piperidine rings is 1. The number of anilines is 1. The molecule has 2 aromatic carbocycles. The summed E-state index contributed by atoms with van der Waals surface area (Å²) >= 11 is 0. The number of hydrogen-bond acceptors (Lipinski definition) is 9. The number of aromatic nitrogens is 5. The SMILES string of the molecule is C/C(=N/NC(=O)c1c(CN2CCCCC2)nnn1-c1nonc1N)c1cccc2ccccc12. The predicted octanol–water partition coefficient (Wildman–Crippen LogP) is 2.53. The number of nitrogens with one attached hydrogen (secondary N) is 1. The van der Waals surface area contributed by atoms with Crippen LogP contribution in [0.4, 0.5) is 5.82 Å². The molecule has 5 rings (SSSR count). The maximum absolute atomic E-state index is 13.3. The summed E-state index contributed by atoms with van der Waals surface area (Å²) in [5, 5.41) is 22.3. The molecule has 0 saturated carbocycles. The predicted molar refractivity (Wildman–Crippen MR) is 126 cm³/mol. The van der Waals surface area contributed by atoms with Gasteiger partial charge in [-0.2, -0.15) is 9.78 Å². The highest BCUT2D eigenvalue weighted by molar-refractivity contribution is 6.10. The molecule has 0 bridgehead atoms. The van der Waals surface area contributed by atoms with Crippen molar-refractivity contribution in [3.8, 4) is 5.82 Å². The maximum Gasteiger partial charge on any atom is 0.292 e. The van der Waals surface area contributed by atoms with Crippen molar-refractivity contribution >= 4 is 28.2 Å². The lowest BCUT2D eigenvalue weighted by molar-refractivity contribution is 0.0944. The van der Waals surface area contributed by atoms with E-state index in [2.05, 4.69) is 36.1 Å². The molecule has 0 unspecified atom stereocenters. The van der Waals surface area contributed by atoms with Gasteiger partial charge in [-0.05, 0) is 53.9 Å². The quantitative estimate of drug-likeness (QED) is 0.331. The second-order valence-corrected chi connectivity index (χ2v) is 8.27. The van der Waals surface area contributed by atoms with Crippen LogP contribution < -0.4 is 11.2 Å². The molecule has 3 heterocycles. The van der Waals surface area contributed by atoms with Crippen LogP contribution >= 0.6 is 0 Å². The van der Waals surface area contributed by atoms with E-state index in [4.69, 9.17) is 10.4 Å². The van der Waals surface area contributed by atoms with Gasteiger partial charge in [0.25, 0.3) is 5.91 Å². The van der Waals surface area contributed by atoms with Gasteiger partial charge in [-0.15, -0.1) is 5.10 Å². The van der Waals surface area contributed by atoms with E-state index >= 15 is 0 Å². The monoisotopic (exact) mass is 459 g/mol. The molecule has 2 aromatic heterocycles. The van der Waals surface area contributed by atoms with Gasteiger partial charge in [0.2, 0.25) is 11.6 Å². The van der Waals surface area contributed by atoms with E-state index in [1.165, 1.54) is 11.1 Å². The Labute approximate surface area is 195 Å². The van der Waals surface area contributed by atoms with Crippen LogP contribution in [0.5, 0.6) is 0 Å². The van der Waals surface area contributed by atoms with Crippen LogP contribution in [0.2, 0.25) is 0 Å². The van der Waals surface area contributed by atoms with Crippen molar-refractivity contribution in [1.82, 2.24) is 35.6 Å². The highest BCUT2D eigenvalue weighted by atomic mass is 16.6. The lowest BCUT2D eigenvalue weighted by Crippen LogP contribution is -2.31. The zero-order valence-electron chi connectivity index (χ0n) is 18.8. The minimum atomic E-state index is -0.473. The minimum absolute atomic E-state index is 0.0129. The molecule has 1 amide bonds. The molecule has 4 aromatic rings. The summed E-state index contributed by atoms with van der Waals surface area (Å²) < 4.78 is 5.96. The second-order valence-electron chi connectivity index (χ2n) is 8.27. The summed E-state index contributed by atoms with van der Waals surface area (Å²) in [4.78, 5) is 15.6. The molecule has 0 radical (unpaired) electrons. The van der Waals surface area contributed by atoms with Gasteiger partial charge < -0.3 is 5.73 Å². The van der Waals surface area contributed by atoms with Crippen molar-refractivity contribution in [2.45, 2.75) is 32.7 Å². The number of hydrazone groups is 1. The molecule has 0 aliphatic carbocycles. The van der Waals surface area contributed by atoms with Crippen molar-refractivity contribution in [2.75, 3.05) is 18.8 Å². The Balaban J connectivity index is 1.46. The molecule has 1 saturated heterocycles. The first kappa shape index (κ1) is 21.7. The first-order chi connectivity index (χ1) is 16.6. The van der Waals surface area contributed by atoms with Crippen LogP contribution in [-0.4, -0.2) is 54.9 Å². The van der Waals surface area contributed by atoms with Crippen molar-refractivity contribution < 1.29 is 9.42 Å². The Bertz CT molecular complexity index is 1350. The molecule has 1 aliphatic heterocycles. The average molecular weight is 460 g/mol. The van der Waals surface area contributed by atoms with Crippen LogP contribution in [0, 0.1) is 0 Å². The number of hydrogen-bond donors (Lipinski definition) is 2. The van der Waals surface area contributed by atoms with E-state index in [9.17, 15) is 4.79 Å². The van der Waals surface area contributed by atoms with Gasteiger partial charge in [-0.1, -0.05) is 54.1 Å². The number of carbonyl (C=O) groups is 1. The van der Waals surface area contributed by atoms with Gasteiger partial charge in [0.1, 0.15) is 5.69 Å². The third-order valence-corrected chi connectivity index (χ3v) is 5.98. The van der Waals surface area contributed by atoms with Gasteiger partial charge in [0.05, 0.1) is 5.71 Å². The molecule has 1 fully saturated rings. The highest BCUT2D eigenvalue weighted by Gasteiger charge is 2.26. The van der Waals surface area contributed by atoms with Crippen LogP contribution in [0.3, 0.4) is 0 Å². The number of nitrogens with zero attached hydrogens (tertiary/aromatic N) is 7. The zero-order chi connectivity index (χ0) is 23.5. The fraction of sp³-hybridized carbons (Fsp3) is 0.304. The summed E-state index contributed by atoms with van der Waals surface area (Å²) in [5.74, 6) is -0.352. The van der Waals surface area contributed by atoms with E-state index in [0.29, 0.717) is 18.0 Å². The summed E-state index contributed by atoms with van der Waals surface area (Å²) in [7, 11) is 0. The molecule has 174 valence electrons. The highest BCUT2D eigenvalue weighted by Crippen LogP contribution is 2.21. The third-order valence-electron chi connectivity index (χ3n) is 5.98. The molecular formula is C23H25N9O2. The molecule has 11 nitrogen and oxygen atoms in total. The normalized spacial score (nSPS) is 15.0. The summed E-state index contributed by atoms with van der Waals surface area (Å²) in [5.41, 5.74) is 10.8. The number of nitrogen functional groups attached to an aromatic ring is 1. The van der Waals surface area contributed by atoms with E-state index < -0.39 is 5.91 Å². The molecule has 1 aliphatic rings. The Kier molecular flexibility index (Phi) is 6.00. The van der Waals surface area contributed by atoms with Gasteiger partial charge in [-0.25, -0.2) is 10.1 Å². The topological polar surface area (TPSA) is 140 Å². The summed E-state index contributed by atoms with van der Waals surface area (Å²) in [6.07, 6.45) is 3.44. The Morgan fingerprint density at radius 1 is 1.12 bits per heavy atom. The molecule has 0 atom stereocenters. The van der Waals surface area contributed by atoms with Gasteiger partial charge in [0.15, 0.2) is 5.69 Å². The van der Waals surface area contributed by atoms with Crippen molar-refractivity contribution in [3.05, 3.63) is 59.4 Å². The van der Waals surface area contributed by atoms with Crippen LogP contribution in [0.15, 0.2) is 52.2 Å². The average Bonchev–Trinajstić information content (AvgIpc) is 3.48. The smallest absolute Gasteiger partial charge is 0.292 e. The fourth-order valence-corrected chi connectivity index (χ4v) is 4.25. The van der Waals surface area contributed by atoms with E-state index in [1.54, 1.807) is 0 Å². The van der Waals surface area contributed by atoms with Crippen LogP contribution in [-0.2, 0) is 6.54 Å². The number of fused-ring (bicyclic) bond motifs is 1. The maximum atomic E-state index is 13.3. The number of benzene rings is 2. The zero-order valence-corrected chi connectivity index (χ0v) is 18.8. The number of nitrogens with two attached hydrogens (primary N) is 1. The van der Waals surface area contributed by atoms with Gasteiger partial charge in [0, 0.05) is 12.1 Å². The second kappa shape index (κ2) is 9.40. The number of likely N-dealkylation sites (tertiary alicyclic amines) is 1. The summed E-state index contributed by atoms with van der Waals surface area (Å²) in [6, 6.07) is 14.0. The molecule has 11 heteroatoms. The lowest BCUT2D eigenvalue weighted by Gasteiger charge is -2.25. The van der Waals surface area contributed by atoms with Crippen molar-refractivity contribution in [3.63, 3.8) is 0 Å². The minimum Gasteiger partial charge on any atom is -0.378 e. The van der Waals surface area contributed by atoms with Gasteiger partial charge in [-0.3, -0.25) is 9.69 Å². The fourth-order valence-electron chi connectivity index (χ4n) is 4.25. The van der Waals surface area contributed by atoms with Crippen molar-refractivity contribution in [2.24, 2.45) is 5.10 Å². The molecule has 34 heavy (non-hydrogen) atoms. The van der Waals surface area contributed by atoms with Gasteiger partial charge >= 0.3 is 0 Å². The first-order valence-electron chi connectivity index (χ1n) is 11.2. The van der Waals surface area contributed by atoms with Crippen LogP contribution in [0.1, 0.15) is 47.9 Å². The Morgan fingerprint density at radius 3 is 2.71 bits per heavy atom. The van der Waals surface area contributed by atoms with E-state index in [0.717, 1.165) is 42.3 Å². The van der Waals surface area contributed by atoms with Crippen LogP contribution in [0.25, 0.3) is 16.6 Å². The van der Waals surface area contributed by atoms with E-state index in [1.807, 2.05) is 49.4 Å². The standard InChI is InChI=1S/C23H25N9O2/c1-15(17-11-7-9-16-8-3-4-10-18(16)17)25-27-23(33)20-19(14-31-12-5-2-6-13-31)26-30-32(20)22-21(24)28-34-29-22/h3-4,7-11H,2,5-6,12-14H2,1H3,(H2,24,28)(H,27,33)/b25-15-. The number of amides is 1. The number of rotatable bonds is 6. The number of carbonyl (C=O) groups excluding carboxylic acids is 1. The molecular weight excluding hydrogens is 434 g/mol. The largest absolute Gasteiger partial charge is 0.378 e. The summed E-state index contributed by atoms with van der Waals surface area (Å²) in [6.45, 7) is 4.23.